The van der Waals surface area contributed by atoms with Gasteiger partial charge in [0, 0.05) is 0 Å². The molecule has 0 radical (unpaired) electrons. The second-order valence-electron chi connectivity index (χ2n) is 3.64. The second kappa shape index (κ2) is 4.33. The van der Waals surface area contributed by atoms with Crippen LogP contribution in [0.5, 0.6) is 0 Å². The van der Waals surface area contributed by atoms with Crippen molar-refractivity contribution in [3.05, 3.63) is 41.5 Å². The van der Waals surface area contributed by atoms with E-state index in [0.29, 0.717) is 11.3 Å². The highest BCUT2D eigenvalue weighted by Gasteiger charge is 2.08. The maximum absolute atomic E-state index is 13.4. The Morgan fingerprint density at radius 3 is 2.75 bits per heavy atom. The second-order valence-corrected chi connectivity index (χ2v) is 5.01. The molecule has 1 aromatic heterocycles. The maximum Gasteiger partial charge on any atom is 0.128 e. The van der Waals surface area contributed by atoms with Crippen molar-refractivity contribution in [2.75, 3.05) is 0 Å². The number of hydrogen-bond donors (Lipinski definition) is 0. The Hall–Kier alpha value is -1.23. The molecule has 16 heavy (non-hydrogen) atoms. The highest BCUT2D eigenvalue weighted by molar-refractivity contribution is 9.09. The van der Waals surface area contributed by atoms with Gasteiger partial charge in [0.1, 0.15) is 5.82 Å². The molecule has 0 spiro atoms. The van der Waals surface area contributed by atoms with E-state index in [0.717, 1.165) is 5.69 Å². The Bertz CT molecular complexity index is 508. The first-order chi connectivity index (χ1) is 7.58. The molecule has 0 aliphatic rings. The summed E-state index contributed by atoms with van der Waals surface area (Å²) in [6.07, 6.45) is 1.78. The van der Waals surface area contributed by atoms with Crippen molar-refractivity contribution in [2.24, 2.45) is 0 Å². The lowest BCUT2D eigenvalue weighted by Crippen LogP contribution is -1.96. The molecule has 1 aromatic carbocycles. The van der Waals surface area contributed by atoms with Gasteiger partial charge >= 0.3 is 0 Å². The van der Waals surface area contributed by atoms with Crippen molar-refractivity contribution in [1.29, 1.82) is 0 Å². The minimum absolute atomic E-state index is 0.136. The smallest absolute Gasteiger partial charge is 0.128 e. The first kappa shape index (κ1) is 11.3. The predicted molar refractivity (Wildman–Crippen MR) is 63.4 cm³/mol. The molecule has 0 saturated heterocycles. The van der Waals surface area contributed by atoms with Crippen LogP contribution in [0.1, 0.15) is 23.0 Å². The third-order valence-corrected chi connectivity index (χ3v) is 2.81. The van der Waals surface area contributed by atoms with Gasteiger partial charge in [0.05, 0.1) is 22.4 Å². The minimum Gasteiger partial charge on any atom is -0.220 e. The van der Waals surface area contributed by atoms with Gasteiger partial charge in [-0.05, 0) is 31.5 Å². The summed E-state index contributed by atoms with van der Waals surface area (Å²) in [5.41, 5.74) is 2.12. The molecule has 0 aliphatic heterocycles. The molecular formula is C11H11BrFN3. The van der Waals surface area contributed by atoms with E-state index in [9.17, 15) is 4.39 Å². The first-order valence-corrected chi connectivity index (χ1v) is 5.82. The quantitative estimate of drug-likeness (QED) is 0.793. The number of alkyl halides is 1. The molecule has 0 saturated carbocycles. The van der Waals surface area contributed by atoms with E-state index in [-0.39, 0.29) is 10.6 Å². The molecule has 0 amide bonds. The topological polar surface area (TPSA) is 30.7 Å². The molecule has 84 valence electrons. The van der Waals surface area contributed by atoms with Crippen LogP contribution in [0.4, 0.5) is 4.39 Å². The molecule has 0 bridgehead atoms. The fourth-order valence-electron chi connectivity index (χ4n) is 1.31. The van der Waals surface area contributed by atoms with Crippen LogP contribution in [0.15, 0.2) is 24.4 Å². The van der Waals surface area contributed by atoms with Gasteiger partial charge in [-0.15, -0.1) is 5.10 Å². The van der Waals surface area contributed by atoms with Gasteiger partial charge < -0.3 is 0 Å². The van der Waals surface area contributed by atoms with E-state index in [1.807, 2.05) is 13.0 Å². The number of benzene rings is 1. The summed E-state index contributed by atoms with van der Waals surface area (Å²) in [7, 11) is 0. The summed E-state index contributed by atoms with van der Waals surface area (Å²) in [4.78, 5) is 0.136. The van der Waals surface area contributed by atoms with E-state index < -0.39 is 0 Å². The Balaban J connectivity index is 2.39. The normalized spacial score (nSPS) is 12.8. The molecule has 0 aliphatic carbocycles. The van der Waals surface area contributed by atoms with Crippen molar-refractivity contribution in [3.63, 3.8) is 0 Å². The minimum atomic E-state index is -0.235. The molecule has 2 rings (SSSR count). The Labute approximate surface area is 101 Å². The number of nitrogens with zero attached hydrogens (tertiary/aromatic N) is 3. The number of aromatic nitrogens is 3. The van der Waals surface area contributed by atoms with Crippen molar-refractivity contribution >= 4 is 15.9 Å². The average molecular weight is 284 g/mol. The summed E-state index contributed by atoms with van der Waals surface area (Å²) in [5.74, 6) is -0.235. The van der Waals surface area contributed by atoms with Crippen LogP contribution >= 0.6 is 15.9 Å². The van der Waals surface area contributed by atoms with Crippen molar-refractivity contribution in [3.8, 4) is 5.69 Å². The average Bonchev–Trinajstić information content (AvgIpc) is 2.71. The van der Waals surface area contributed by atoms with Crippen LogP contribution in [0.25, 0.3) is 5.69 Å². The third-order valence-electron chi connectivity index (χ3n) is 2.34. The molecular weight excluding hydrogens is 273 g/mol. The number of hydrogen-bond acceptors (Lipinski definition) is 2. The Kier molecular flexibility index (Phi) is 3.05. The van der Waals surface area contributed by atoms with Crippen LogP contribution in [-0.4, -0.2) is 15.0 Å². The molecule has 1 heterocycles. The van der Waals surface area contributed by atoms with Gasteiger partial charge in [-0.2, -0.15) is 0 Å². The van der Waals surface area contributed by atoms with Crippen LogP contribution in [0.3, 0.4) is 0 Å². The first-order valence-electron chi connectivity index (χ1n) is 4.91. The van der Waals surface area contributed by atoms with Gasteiger partial charge in [-0.3, -0.25) is 0 Å². The molecule has 0 fully saturated rings. The van der Waals surface area contributed by atoms with Crippen molar-refractivity contribution < 1.29 is 4.39 Å². The maximum atomic E-state index is 13.4. The highest BCUT2D eigenvalue weighted by Crippen LogP contribution is 2.20. The SMILES string of the molecule is Cc1ccc(-n2cc(C(C)Br)nn2)cc1F. The molecule has 0 N–H and O–H groups in total. The molecule has 2 aromatic rings. The van der Waals surface area contributed by atoms with E-state index in [1.165, 1.54) is 6.07 Å². The molecule has 1 atom stereocenters. The zero-order valence-corrected chi connectivity index (χ0v) is 10.6. The van der Waals surface area contributed by atoms with Gasteiger partial charge in [0.15, 0.2) is 0 Å². The third kappa shape index (κ3) is 2.14. The fourth-order valence-corrected chi connectivity index (χ4v) is 1.52. The lowest BCUT2D eigenvalue weighted by molar-refractivity contribution is 0.615. The van der Waals surface area contributed by atoms with E-state index in [1.54, 1.807) is 23.9 Å². The summed E-state index contributed by atoms with van der Waals surface area (Å²) >= 11 is 3.40. The highest BCUT2D eigenvalue weighted by atomic mass is 79.9. The lowest BCUT2D eigenvalue weighted by atomic mass is 10.2. The standard InChI is InChI=1S/C11H11BrFN3/c1-7-3-4-9(5-10(7)13)16-6-11(8(2)12)14-15-16/h3-6,8H,1-2H3. The molecule has 5 heteroatoms. The number of rotatable bonds is 2. The van der Waals surface area contributed by atoms with Crippen LogP contribution < -0.4 is 0 Å². The van der Waals surface area contributed by atoms with E-state index >= 15 is 0 Å². The predicted octanol–water partition coefficient (Wildman–Crippen LogP) is 3.17. The molecule has 1 unspecified atom stereocenters. The number of aryl methyl sites for hydroxylation is 1. The monoisotopic (exact) mass is 283 g/mol. The number of halogens is 2. The van der Waals surface area contributed by atoms with E-state index in [2.05, 4.69) is 26.2 Å². The van der Waals surface area contributed by atoms with Gasteiger partial charge in [-0.1, -0.05) is 27.2 Å². The van der Waals surface area contributed by atoms with Crippen LogP contribution in [-0.2, 0) is 0 Å². The summed E-state index contributed by atoms with van der Waals surface area (Å²) in [6.45, 7) is 3.69. The zero-order valence-electron chi connectivity index (χ0n) is 8.98. The van der Waals surface area contributed by atoms with Crippen molar-refractivity contribution in [2.45, 2.75) is 18.7 Å². The summed E-state index contributed by atoms with van der Waals surface area (Å²) in [6, 6.07) is 4.99. The molecule has 3 nitrogen and oxygen atoms in total. The fraction of sp³-hybridized carbons (Fsp3) is 0.273. The lowest BCUT2D eigenvalue weighted by Gasteiger charge is -2.01. The van der Waals surface area contributed by atoms with E-state index in [4.69, 9.17) is 0 Å². The summed E-state index contributed by atoms with van der Waals surface area (Å²) < 4.78 is 14.9. The van der Waals surface area contributed by atoms with Crippen LogP contribution in [0.2, 0.25) is 0 Å². The summed E-state index contributed by atoms with van der Waals surface area (Å²) in [5, 5.41) is 7.94. The van der Waals surface area contributed by atoms with Gasteiger partial charge in [0.25, 0.3) is 0 Å². The Morgan fingerprint density at radius 2 is 2.19 bits per heavy atom. The largest absolute Gasteiger partial charge is 0.220 e. The van der Waals surface area contributed by atoms with Gasteiger partial charge in [-0.25, -0.2) is 9.07 Å². The van der Waals surface area contributed by atoms with Crippen molar-refractivity contribution in [1.82, 2.24) is 15.0 Å². The van der Waals surface area contributed by atoms with Gasteiger partial charge in [0.2, 0.25) is 0 Å². The van der Waals surface area contributed by atoms with Crippen LogP contribution in [0, 0.1) is 12.7 Å². The zero-order chi connectivity index (χ0) is 11.7. The Morgan fingerprint density at radius 1 is 1.44 bits per heavy atom.